The molecule has 4 rings (SSSR count). The summed E-state index contributed by atoms with van der Waals surface area (Å²) in [4.78, 5) is 4.51. The molecule has 4 nitrogen and oxygen atoms in total. The normalized spacial score (nSPS) is 11.0. The summed E-state index contributed by atoms with van der Waals surface area (Å²) in [5, 5.41) is 9.98. The van der Waals surface area contributed by atoms with Crippen LogP contribution in [0.4, 0.5) is 0 Å². The zero-order valence-corrected chi connectivity index (χ0v) is 17.4. The monoisotopic (exact) mass is 380 g/mol. The van der Waals surface area contributed by atoms with Gasteiger partial charge in [0.2, 0.25) is 0 Å². The van der Waals surface area contributed by atoms with Crippen LogP contribution >= 0.6 is 11.3 Å². The highest BCUT2D eigenvalue weighted by molar-refractivity contribution is 7.18. The summed E-state index contributed by atoms with van der Waals surface area (Å²) in [6.07, 6.45) is 4.55. The number of rotatable bonds is 5. The van der Waals surface area contributed by atoms with Crippen molar-refractivity contribution in [1.82, 2.24) is 20.1 Å². The Labute approximate surface area is 165 Å². The maximum absolute atomic E-state index is 4.51. The van der Waals surface area contributed by atoms with E-state index in [9.17, 15) is 0 Å². The molecule has 2 heterocycles. The van der Waals surface area contributed by atoms with Crippen LogP contribution in [-0.4, -0.2) is 27.9 Å². The largest absolute Gasteiger partial charge is 0.317 e. The van der Waals surface area contributed by atoms with E-state index in [0.29, 0.717) is 0 Å². The van der Waals surface area contributed by atoms with E-state index in [1.807, 2.05) is 24.9 Å². The number of fused-ring (bicyclic) bond motifs is 2. The quantitative estimate of drug-likeness (QED) is 0.461. The summed E-state index contributed by atoms with van der Waals surface area (Å²) < 4.78 is 3.09. The predicted octanol–water partition coefficient (Wildman–Crippen LogP) is 5.55. The van der Waals surface area contributed by atoms with Gasteiger partial charge < -0.3 is 5.32 Å². The lowest BCUT2D eigenvalue weighted by Crippen LogP contribution is -2.14. The van der Waals surface area contributed by atoms with Crippen LogP contribution in [0.3, 0.4) is 0 Å². The number of hydrogen-bond acceptors (Lipinski definition) is 4. The van der Waals surface area contributed by atoms with Crippen LogP contribution in [0, 0.1) is 6.92 Å². The van der Waals surface area contributed by atoms with Crippen molar-refractivity contribution in [2.75, 3.05) is 13.1 Å². The fraction of sp³-hybridized carbons (Fsp3) is 0.364. The molecule has 0 bridgehead atoms. The van der Waals surface area contributed by atoms with Gasteiger partial charge in [-0.05, 0) is 68.2 Å². The highest BCUT2D eigenvalue weighted by atomic mass is 32.1. The van der Waals surface area contributed by atoms with Gasteiger partial charge in [-0.15, -0.1) is 11.3 Å². The Morgan fingerprint density at radius 3 is 2.33 bits per heavy atom. The predicted molar refractivity (Wildman–Crippen MR) is 118 cm³/mol. The maximum Gasteiger partial charge on any atom is 0.0923 e. The van der Waals surface area contributed by atoms with E-state index in [0.717, 1.165) is 16.0 Å². The number of nitrogens with zero attached hydrogens (tertiary/aromatic N) is 3. The van der Waals surface area contributed by atoms with E-state index in [1.165, 1.54) is 47.1 Å². The minimum absolute atomic E-state index is 1.03. The van der Waals surface area contributed by atoms with E-state index >= 15 is 0 Å². The van der Waals surface area contributed by atoms with Crippen molar-refractivity contribution in [3.63, 3.8) is 0 Å². The summed E-state index contributed by atoms with van der Waals surface area (Å²) in [5.74, 6) is 0. The van der Waals surface area contributed by atoms with Crippen molar-refractivity contribution < 1.29 is 0 Å². The molecule has 0 amide bonds. The molecule has 0 fully saturated rings. The van der Waals surface area contributed by atoms with Gasteiger partial charge in [-0.3, -0.25) is 4.68 Å². The molecule has 0 unspecified atom stereocenters. The standard InChI is InChI=1S/C16H13N3S.C6H15N/c1-10-17-15-6-4-12(8-16(15)20-10)11-3-5-14-13(7-11)9-19(2)18-14;1-3-5-7-6-4-2/h3-9H,1-2H3;7H,3-6H2,1-2H3. The summed E-state index contributed by atoms with van der Waals surface area (Å²) in [6, 6.07) is 12.9. The molecule has 0 aliphatic carbocycles. The molecule has 2 aromatic carbocycles. The van der Waals surface area contributed by atoms with Crippen molar-refractivity contribution in [2.45, 2.75) is 33.6 Å². The van der Waals surface area contributed by atoms with E-state index in [-0.39, 0.29) is 0 Å². The first kappa shape index (κ1) is 19.5. The van der Waals surface area contributed by atoms with Crippen LogP contribution in [0.25, 0.3) is 32.2 Å². The SMILES string of the molecule is CCCNCCC.Cc1nc2ccc(-c3ccc4nn(C)cc4c3)cc2s1. The minimum Gasteiger partial charge on any atom is -0.317 e. The molecule has 0 saturated carbocycles. The zero-order valence-electron chi connectivity index (χ0n) is 16.6. The molecular weight excluding hydrogens is 352 g/mol. The Bertz CT molecular complexity index is 934. The van der Waals surface area contributed by atoms with Gasteiger partial charge >= 0.3 is 0 Å². The zero-order chi connectivity index (χ0) is 19.2. The molecule has 142 valence electrons. The number of nitrogens with one attached hydrogen (secondary N) is 1. The molecule has 4 aromatic rings. The van der Waals surface area contributed by atoms with Gasteiger partial charge in [-0.1, -0.05) is 26.0 Å². The summed E-state index contributed by atoms with van der Waals surface area (Å²) >= 11 is 1.74. The lowest BCUT2D eigenvalue weighted by Gasteiger charge is -2.01. The van der Waals surface area contributed by atoms with Crippen molar-refractivity contribution >= 4 is 32.5 Å². The van der Waals surface area contributed by atoms with E-state index in [4.69, 9.17) is 0 Å². The minimum atomic E-state index is 1.03. The van der Waals surface area contributed by atoms with E-state index in [2.05, 4.69) is 65.6 Å². The first-order valence-electron chi connectivity index (χ1n) is 9.62. The van der Waals surface area contributed by atoms with Crippen molar-refractivity contribution in [3.05, 3.63) is 47.6 Å². The second-order valence-corrected chi connectivity index (χ2v) is 7.98. The van der Waals surface area contributed by atoms with Gasteiger partial charge in [-0.25, -0.2) is 4.98 Å². The van der Waals surface area contributed by atoms with Gasteiger partial charge in [0.25, 0.3) is 0 Å². The van der Waals surface area contributed by atoms with Gasteiger partial charge in [-0.2, -0.15) is 5.10 Å². The Morgan fingerprint density at radius 2 is 1.63 bits per heavy atom. The van der Waals surface area contributed by atoms with Crippen LogP contribution in [0.1, 0.15) is 31.7 Å². The van der Waals surface area contributed by atoms with E-state index in [1.54, 1.807) is 11.3 Å². The third-order valence-corrected chi connectivity index (χ3v) is 5.23. The van der Waals surface area contributed by atoms with Crippen LogP contribution < -0.4 is 5.32 Å². The second kappa shape index (κ2) is 9.11. The van der Waals surface area contributed by atoms with Gasteiger partial charge in [0.15, 0.2) is 0 Å². The van der Waals surface area contributed by atoms with Crippen molar-refractivity contribution in [1.29, 1.82) is 0 Å². The maximum atomic E-state index is 4.51. The summed E-state index contributed by atoms with van der Waals surface area (Å²) in [6.45, 7) is 8.76. The average molecular weight is 381 g/mol. The summed E-state index contributed by atoms with van der Waals surface area (Å²) in [7, 11) is 1.95. The first-order valence-corrected chi connectivity index (χ1v) is 10.4. The Balaban J connectivity index is 0.000000260. The molecular formula is C22H28N4S. The molecule has 1 N–H and O–H groups in total. The lowest BCUT2D eigenvalue weighted by atomic mass is 10.0. The van der Waals surface area contributed by atoms with Crippen LogP contribution in [0.2, 0.25) is 0 Å². The Kier molecular flexibility index (Phi) is 6.58. The summed E-state index contributed by atoms with van der Waals surface area (Å²) in [5.41, 5.74) is 4.56. The van der Waals surface area contributed by atoms with Crippen molar-refractivity contribution in [3.8, 4) is 11.1 Å². The first-order chi connectivity index (χ1) is 13.1. The van der Waals surface area contributed by atoms with Gasteiger partial charge in [0.05, 0.1) is 20.7 Å². The third-order valence-electron chi connectivity index (χ3n) is 4.30. The lowest BCUT2D eigenvalue weighted by molar-refractivity contribution is 0.662. The fourth-order valence-corrected chi connectivity index (χ4v) is 3.89. The Morgan fingerprint density at radius 1 is 0.963 bits per heavy atom. The fourth-order valence-electron chi connectivity index (χ4n) is 3.03. The van der Waals surface area contributed by atoms with Crippen LogP contribution in [0.5, 0.6) is 0 Å². The highest BCUT2D eigenvalue weighted by Gasteiger charge is 2.05. The number of thiazole rings is 1. The molecule has 0 saturated heterocycles. The number of aryl methyl sites for hydroxylation is 2. The second-order valence-electron chi connectivity index (χ2n) is 6.74. The molecule has 27 heavy (non-hydrogen) atoms. The molecule has 0 radical (unpaired) electrons. The number of hydrogen-bond donors (Lipinski definition) is 1. The van der Waals surface area contributed by atoms with Gasteiger partial charge in [0.1, 0.15) is 0 Å². The van der Waals surface area contributed by atoms with Gasteiger partial charge in [0, 0.05) is 18.6 Å². The molecule has 0 aliphatic heterocycles. The smallest absolute Gasteiger partial charge is 0.0923 e. The van der Waals surface area contributed by atoms with Crippen LogP contribution in [0.15, 0.2) is 42.6 Å². The molecule has 0 aliphatic rings. The highest BCUT2D eigenvalue weighted by Crippen LogP contribution is 2.29. The number of aromatic nitrogens is 3. The topological polar surface area (TPSA) is 42.7 Å². The van der Waals surface area contributed by atoms with E-state index < -0.39 is 0 Å². The molecule has 5 heteroatoms. The molecule has 0 atom stereocenters. The molecule has 0 spiro atoms. The van der Waals surface area contributed by atoms with Crippen LogP contribution in [-0.2, 0) is 7.05 Å². The molecule has 2 aromatic heterocycles. The van der Waals surface area contributed by atoms with Crippen molar-refractivity contribution in [2.24, 2.45) is 7.05 Å². The third kappa shape index (κ3) is 4.93. The Hall–Kier alpha value is -2.24. The number of benzene rings is 2. The average Bonchev–Trinajstić information content (AvgIpc) is 3.21.